The van der Waals surface area contributed by atoms with Crippen LogP contribution in [0.1, 0.15) is 101 Å². The highest BCUT2D eigenvalue weighted by atomic mass is 35.5. The van der Waals surface area contributed by atoms with Crippen molar-refractivity contribution in [3.63, 3.8) is 0 Å². The van der Waals surface area contributed by atoms with E-state index in [9.17, 15) is 63.8 Å². The fraction of sp³-hybridized carbons (Fsp3) is 0.500. The van der Waals surface area contributed by atoms with Gasteiger partial charge < -0.3 is 92.8 Å². The lowest BCUT2D eigenvalue weighted by Crippen LogP contribution is -2.35. The number of nitrogens with zero attached hydrogens (tertiary/aromatic N) is 5. The molecule has 6 N–H and O–H groups in total. The fourth-order valence-corrected chi connectivity index (χ4v) is 19.2. The molecule has 0 spiro atoms. The Morgan fingerprint density at radius 1 is 0.455 bits per heavy atom. The second-order valence-corrected chi connectivity index (χ2v) is 38.2. The maximum Gasteiger partial charge on any atom is 0.416 e. The summed E-state index contributed by atoms with van der Waals surface area (Å²) in [5.41, 5.74) is 14.4. The Hall–Kier alpha value is -7.64. The number of nitrogens with two attached hydrogens (primary N) is 1. The summed E-state index contributed by atoms with van der Waals surface area (Å²) < 4.78 is 145. The van der Waals surface area contributed by atoms with Crippen LogP contribution in [0.25, 0.3) is 0 Å². The van der Waals surface area contributed by atoms with Crippen LogP contribution in [0.2, 0.25) is 30.1 Å². The zero-order valence-corrected chi connectivity index (χ0v) is 81.3. The predicted octanol–water partition coefficient (Wildman–Crippen LogP) is 9.13. The number of carbonyl (C=O) groups is 8. The highest BCUT2D eigenvalue weighted by Crippen LogP contribution is 2.43. The maximum atomic E-state index is 13.1. The summed E-state index contributed by atoms with van der Waals surface area (Å²) in [5.74, 6) is -4.75. The molecule has 36 nitrogen and oxygen atoms in total. The van der Waals surface area contributed by atoms with Crippen molar-refractivity contribution >= 4 is 148 Å². The molecule has 46 heteroatoms. The highest BCUT2D eigenvalue weighted by molar-refractivity contribution is 7.91. The van der Waals surface area contributed by atoms with E-state index in [2.05, 4.69) is 61.0 Å². The first-order valence-electron chi connectivity index (χ1n) is 43.4. The van der Waals surface area contributed by atoms with Gasteiger partial charge >= 0.3 is 24.1 Å². The third-order valence-corrected chi connectivity index (χ3v) is 26.5. The van der Waals surface area contributed by atoms with Gasteiger partial charge in [0.05, 0.1) is 141 Å². The molecule has 2 saturated heterocycles. The lowest BCUT2D eigenvalue weighted by molar-refractivity contribution is -0.205. The molecule has 738 valence electrons. The summed E-state index contributed by atoms with van der Waals surface area (Å²) in [4.78, 5) is 108. The van der Waals surface area contributed by atoms with Gasteiger partial charge in [-0.3, -0.25) is 23.6 Å². The number of sulfone groups is 1. The number of halogens is 7. The van der Waals surface area contributed by atoms with Crippen LogP contribution in [0.3, 0.4) is 0 Å². The molecule has 11 rings (SSSR count). The zero-order chi connectivity index (χ0) is 97.8. The average molecular weight is 2060 g/mol. The minimum atomic E-state index is -3.79. The van der Waals surface area contributed by atoms with Crippen LogP contribution in [-0.2, 0) is 141 Å². The summed E-state index contributed by atoms with van der Waals surface area (Å²) in [6.07, 6.45) is -1.62. The zero-order valence-electron chi connectivity index (χ0n) is 75.3. The minimum Gasteiger partial charge on any atom is -0.379 e. The number of rotatable bonds is 50. The van der Waals surface area contributed by atoms with E-state index in [1.54, 1.807) is 54.6 Å². The van der Waals surface area contributed by atoms with E-state index in [1.165, 1.54) is 0 Å². The molecule has 0 aliphatic carbocycles. The number of alkyl halides is 1. The smallest absolute Gasteiger partial charge is 0.379 e. The Morgan fingerprint density at radius 3 is 1.20 bits per heavy atom. The predicted molar refractivity (Wildman–Crippen MR) is 496 cm³/mol. The first kappa shape index (κ1) is 110. The Labute approximate surface area is 812 Å². The van der Waals surface area contributed by atoms with Crippen LogP contribution >= 0.6 is 69.6 Å². The third kappa shape index (κ3) is 37.3. The minimum absolute atomic E-state index is 0.0147. The van der Waals surface area contributed by atoms with Crippen molar-refractivity contribution in [2.45, 2.75) is 84.2 Å². The normalized spacial score (nSPS) is 16.5. The molecule has 6 amide bonds. The summed E-state index contributed by atoms with van der Waals surface area (Å²) >= 11 is 38.5. The number of alkyl carbamates (subject to hydrolysis) is 2. The molecule has 4 unspecified atom stereocenters. The van der Waals surface area contributed by atoms with Crippen molar-refractivity contribution in [1.29, 1.82) is 0 Å². The largest absolute Gasteiger partial charge is 0.416 e. The standard InChI is InChI=1S/C50H64Cl4N6O12S2.C25H34Cl2N2O5S.C12H12N2O9.CH3F/c1-59-31-43(41-27-37(51)29-47(53)45(41)33-59)35-5-3-7-39(25-35)73(63)57-11-15-68-19-23-70-21-17-66-13-9-55-49(61)72-50(62)56-10-14-67-18-22-71-24-20-69-16-12-58-74(64,65)40-8-4-6-36(26-40)44-32-60(2)34-46-42(44)28-38(52)30-48(46)54;1-29-17-23(22-15-20(26)16-25(27)24(22)18-29)19-4-2-5-21(14-19)35(30,31)13-3-7-32-9-11-34-12-10-33-8-6-28;15-7-1-2-8(16)13(7)22-11(19)5-21-6-12(20)23-14-9(17)3-4-10(14)18;1-2/h3-8,25-30,43-44,57-58H,9-24,31-34H2,1-2H3,(H,55,61)(H,56,62);2,4-5,14-16,23H,3,6-13,17-18,28H2,1H3;1-6H2;1H3/i;;;1D. The van der Waals surface area contributed by atoms with Gasteiger partial charge in [-0.2, -0.15) is 0 Å². The van der Waals surface area contributed by atoms with Gasteiger partial charge in [-0.15, -0.1) is 10.1 Å². The molecule has 2 fully saturated rings. The number of fused-ring (bicyclic) bond motifs is 3. The van der Waals surface area contributed by atoms with Crippen molar-refractivity contribution in [1.82, 2.24) is 44.9 Å². The molecule has 0 aromatic heterocycles. The van der Waals surface area contributed by atoms with Gasteiger partial charge in [0.1, 0.15) is 24.2 Å². The van der Waals surface area contributed by atoms with Gasteiger partial charge in [0.2, 0.25) is 10.0 Å². The number of nitrogens with one attached hydrogen (secondary N) is 4. The third-order valence-electron chi connectivity index (χ3n) is 20.4. The van der Waals surface area contributed by atoms with E-state index in [0.717, 1.165) is 76.3 Å². The lowest BCUT2D eigenvalue weighted by Gasteiger charge is -2.33. The first-order chi connectivity index (χ1) is 64.8. The number of hydroxylamine groups is 4. The molecule has 5 aliphatic rings. The molecule has 134 heavy (non-hydrogen) atoms. The quantitative estimate of drug-likeness (QED) is 0.0135. The number of hydrogen-bond acceptors (Lipinski definition) is 30. The van der Waals surface area contributed by atoms with E-state index >= 15 is 0 Å². The van der Waals surface area contributed by atoms with Gasteiger partial charge in [-0.25, -0.2) is 49.7 Å². The molecular formula is C88H113Cl6FN10O26S3. The van der Waals surface area contributed by atoms with E-state index in [4.69, 9.17) is 119 Å². The Balaban J connectivity index is 0.000000299. The number of amides is 6. The molecule has 6 aromatic rings. The molecule has 5 heterocycles. The van der Waals surface area contributed by atoms with Gasteiger partial charge in [0.15, 0.2) is 9.84 Å². The number of carbonyl (C=O) groups excluding carboxylic acids is 8. The van der Waals surface area contributed by atoms with Crippen LogP contribution < -0.4 is 25.8 Å². The summed E-state index contributed by atoms with van der Waals surface area (Å²) in [7, 11) is -3.59. The molecule has 4 atom stereocenters. The number of imide groups is 2. The SMILES string of the molecule is CN1Cc2c(Cl)cc(Cl)cc2C(c2cccc(S(=O)(=O)CCCOCCOCCOCCN)c2)C1.CN1Cc2c(Cl)cc(Cl)cc2C(c2cccc(S(=O)NCCOCCOCCOCCNC(=O)OC(=O)NCCOCCOCCOCCNS(=O)(=O)c3cccc(C4CN(C)Cc5c(Cl)cc(Cl)cc54)c3)c2)C1.O=C(COCC(=O)ON1C(=O)CCC1=O)ON1C(=O)CCC1=O.[2H]CF. The second-order valence-electron chi connectivity index (χ2n) is 30.5. The van der Waals surface area contributed by atoms with Gasteiger partial charge in [0, 0.05) is 152 Å². The summed E-state index contributed by atoms with van der Waals surface area (Å²) in [6.45, 7) is 9.93. The molecule has 0 bridgehead atoms. The number of benzene rings is 6. The number of sulfonamides is 1. The van der Waals surface area contributed by atoms with Gasteiger partial charge in [0.25, 0.3) is 23.6 Å². The molecule has 0 saturated carbocycles. The second kappa shape index (κ2) is 58.9. The first-order valence-corrected chi connectivity index (χ1v) is 49.2. The lowest BCUT2D eigenvalue weighted by atomic mass is 9.85. The van der Waals surface area contributed by atoms with E-state index < -0.39 is 99.0 Å². The fourth-order valence-electron chi connectivity index (χ4n) is 14.3. The van der Waals surface area contributed by atoms with Crippen LogP contribution in [-0.4, -0.2) is 312 Å². The van der Waals surface area contributed by atoms with Crippen molar-refractivity contribution in [2.75, 3.05) is 219 Å². The van der Waals surface area contributed by atoms with Crippen LogP contribution in [0.5, 0.6) is 0 Å². The summed E-state index contributed by atoms with van der Waals surface area (Å²) in [6, 6.07) is 32.9. The topological polar surface area (TPSA) is 432 Å². The Bertz CT molecular complexity index is 5090. The monoisotopic (exact) mass is 2050 g/mol. The van der Waals surface area contributed by atoms with E-state index in [1.807, 2.05) is 68.7 Å². The van der Waals surface area contributed by atoms with Crippen molar-refractivity contribution in [2.24, 2.45) is 5.73 Å². The van der Waals surface area contributed by atoms with Crippen LogP contribution in [0, 0.1) is 0 Å². The average Bonchev–Trinajstić information content (AvgIpc) is 1.45. The maximum absolute atomic E-state index is 13.1. The molecule has 6 aromatic carbocycles. The number of hydrogen-bond donors (Lipinski definition) is 5. The summed E-state index contributed by atoms with van der Waals surface area (Å²) in [5, 5.41) is 9.12. The Morgan fingerprint density at radius 2 is 0.799 bits per heavy atom. The number of ether oxygens (including phenoxy) is 11. The van der Waals surface area contributed by atoms with Crippen molar-refractivity contribution in [3.8, 4) is 0 Å². The molecular weight excluding hydrogens is 1940 g/mol. The van der Waals surface area contributed by atoms with Crippen molar-refractivity contribution < 1.29 is 127 Å². The Kier molecular flexibility index (Phi) is 48.4. The van der Waals surface area contributed by atoms with Crippen LogP contribution in [0.15, 0.2) is 124 Å². The highest BCUT2D eigenvalue weighted by Gasteiger charge is 2.37. The molecule has 0 radical (unpaired) electrons. The molecule has 5 aliphatic heterocycles. The van der Waals surface area contributed by atoms with Crippen LogP contribution in [0.4, 0.5) is 14.0 Å². The van der Waals surface area contributed by atoms with E-state index in [0.29, 0.717) is 149 Å². The van der Waals surface area contributed by atoms with E-state index in [-0.39, 0.29) is 127 Å². The number of likely N-dealkylation sites (N-methyl/N-ethyl adjacent to an activating group) is 3. The van der Waals surface area contributed by atoms with Gasteiger partial charge in [-0.05, 0) is 150 Å². The van der Waals surface area contributed by atoms with Gasteiger partial charge in [-0.1, -0.05) is 106 Å². The van der Waals surface area contributed by atoms with Crippen molar-refractivity contribution in [3.05, 3.63) is 189 Å².